The van der Waals surface area contributed by atoms with Crippen molar-refractivity contribution in [3.8, 4) is 5.75 Å². The molecule has 3 rings (SSSR count). The molecule has 8 heteroatoms. The van der Waals surface area contributed by atoms with E-state index in [0.29, 0.717) is 5.69 Å². The number of carbonyl (C=O) groups excluding carboxylic acids is 1. The summed E-state index contributed by atoms with van der Waals surface area (Å²) in [4.78, 5) is 16.6. The molecule has 162 valence electrons. The van der Waals surface area contributed by atoms with E-state index in [1.54, 1.807) is 26.2 Å². The molecule has 0 fully saturated rings. The number of methoxy groups -OCH3 is 1. The molecule has 0 radical (unpaired) electrons. The lowest BCUT2D eigenvalue weighted by atomic mass is 10.1. The molecule has 0 aliphatic carbocycles. The van der Waals surface area contributed by atoms with Gasteiger partial charge in [-0.15, -0.1) is 0 Å². The van der Waals surface area contributed by atoms with Gasteiger partial charge in [0.2, 0.25) is 10.0 Å². The summed E-state index contributed by atoms with van der Waals surface area (Å²) in [6.07, 6.45) is 4.27. The van der Waals surface area contributed by atoms with Gasteiger partial charge in [-0.1, -0.05) is 12.1 Å². The number of sulfonamides is 1. The number of ether oxygens (including phenoxy) is 1. The maximum Gasteiger partial charge on any atom is 0.255 e. The lowest BCUT2D eigenvalue weighted by Gasteiger charge is -2.14. The number of hydrogen-bond donors (Lipinski definition) is 2. The normalized spacial score (nSPS) is 11.4. The van der Waals surface area contributed by atoms with Crippen LogP contribution < -0.4 is 14.8 Å². The first-order valence-electron chi connectivity index (χ1n) is 9.78. The molecule has 0 saturated heterocycles. The predicted octanol–water partition coefficient (Wildman–Crippen LogP) is 3.62. The van der Waals surface area contributed by atoms with Gasteiger partial charge >= 0.3 is 0 Å². The number of benzene rings is 2. The van der Waals surface area contributed by atoms with E-state index in [9.17, 15) is 13.2 Å². The van der Waals surface area contributed by atoms with Gasteiger partial charge in [-0.2, -0.15) is 0 Å². The Kier molecular flexibility index (Phi) is 7.04. The molecule has 1 heterocycles. The van der Waals surface area contributed by atoms with Gasteiger partial charge in [0.05, 0.1) is 7.11 Å². The van der Waals surface area contributed by atoms with Crippen molar-refractivity contribution in [1.82, 2.24) is 9.71 Å². The van der Waals surface area contributed by atoms with E-state index in [1.165, 1.54) is 25.3 Å². The molecular weight excluding hydrogens is 414 g/mol. The van der Waals surface area contributed by atoms with E-state index in [0.717, 1.165) is 17.5 Å². The third-order valence-corrected chi connectivity index (χ3v) is 6.16. The summed E-state index contributed by atoms with van der Waals surface area (Å²) in [6.45, 7) is 3.44. The van der Waals surface area contributed by atoms with Crippen LogP contribution in [-0.2, 0) is 16.4 Å². The Balaban J connectivity index is 1.76. The van der Waals surface area contributed by atoms with Gasteiger partial charge in [-0.25, -0.2) is 13.1 Å². The van der Waals surface area contributed by atoms with Crippen LogP contribution in [0.2, 0.25) is 0 Å². The Morgan fingerprint density at radius 3 is 2.26 bits per heavy atom. The monoisotopic (exact) mass is 439 g/mol. The quantitative estimate of drug-likeness (QED) is 0.559. The van der Waals surface area contributed by atoms with E-state index in [-0.39, 0.29) is 22.3 Å². The van der Waals surface area contributed by atoms with Crippen LogP contribution in [0.15, 0.2) is 71.9 Å². The summed E-state index contributed by atoms with van der Waals surface area (Å²) < 4.78 is 32.9. The molecule has 2 N–H and O–H groups in total. The number of amides is 1. The minimum absolute atomic E-state index is 0.0796. The predicted molar refractivity (Wildman–Crippen MR) is 120 cm³/mol. The van der Waals surface area contributed by atoms with Gasteiger partial charge in [0, 0.05) is 29.7 Å². The van der Waals surface area contributed by atoms with Crippen molar-refractivity contribution >= 4 is 21.6 Å². The van der Waals surface area contributed by atoms with Crippen molar-refractivity contribution in [2.75, 3.05) is 12.4 Å². The van der Waals surface area contributed by atoms with Crippen LogP contribution in [0.1, 0.15) is 35.3 Å². The van der Waals surface area contributed by atoms with Crippen LogP contribution in [-0.4, -0.2) is 32.5 Å². The molecule has 7 nitrogen and oxygen atoms in total. The molecule has 0 unspecified atom stereocenters. The number of rotatable bonds is 8. The third kappa shape index (κ3) is 5.90. The first kappa shape index (κ1) is 22.5. The van der Waals surface area contributed by atoms with Crippen LogP contribution in [0.25, 0.3) is 0 Å². The molecule has 1 aromatic heterocycles. The Bertz CT molecular complexity index is 1150. The van der Waals surface area contributed by atoms with Crippen LogP contribution >= 0.6 is 0 Å². The molecule has 0 saturated carbocycles. The smallest absolute Gasteiger partial charge is 0.255 e. The maximum absolute atomic E-state index is 12.7. The van der Waals surface area contributed by atoms with Crippen molar-refractivity contribution in [2.24, 2.45) is 0 Å². The molecule has 0 atom stereocenters. The van der Waals surface area contributed by atoms with Crippen LogP contribution in [0.4, 0.5) is 5.69 Å². The summed E-state index contributed by atoms with van der Waals surface area (Å²) in [5.41, 5.74) is 3.07. The van der Waals surface area contributed by atoms with E-state index >= 15 is 0 Å². The SMILES string of the molecule is COc1ccc(C(=O)Nc2ccc(Cc3ccncc3)cc2)cc1S(=O)(=O)NC(C)C. The minimum Gasteiger partial charge on any atom is -0.495 e. The number of nitrogens with one attached hydrogen (secondary N) is 2. The number of carbonyl (C=O) groups is 1. The van der Waals surface area contributed by atoms with E-state index in [4.69, 9.17) is 4.74 Å². The van der Waals surface area contributed by atoms with Crippen LogP contribution in [0.3, 0.4) is 0 Å². The highest BCUT2D eigenvalue weighted by molar-refractivity contribution is 7.89. The summed E-state index contributed by atoms with van der Waals surface area (Å²) in [7, 11) is -2.44. The largest absolute Gasteiger partial charge is 0.495 e. The number of anilines is 1. The van der Waals surface area contributed by atoms with E-state index < -0.39 is 15.9 Å². The van der Waals surface area contributed by atoms with Crippen molar-refractivity contribution in [2.45, 2.75) is 31.2 Å². The highest BCUT2D eigenvalue weighted by atomic mass is 32.2. The van der Waals surface area contributed by atoms with E-state index in [1.807, 2.05) is 36.4 Å². The first-order chi connectivity index (χ1) is 14.8. The van der Waals surface area contributed by atoms with Gasteiger partial charge < -0.3 is 10.1 Å². The second-order valence-electron chi connectivity index (χ2n) is 7.32. The maximum atomic E-state index is 12.7. The van der Waals surface area contributed by atoms with Gasteiger partial charge in [-0.3, -0.25) is 9.78 Å². The molecule has 2 aromatic carbocycles. The molecular formula is C23H25N3O4S. The van der Waals surface area contributed by atoms with Crippen molar-refractivity contribution in [1.29, 1.82) is 0 Å². The fourth-order valence-electron chi connectivity index (χ4n) is 3.05. The highest BCUT2D eigenvalue weighted by Gasteiger charge is 2.22. The van der Waals surface area contributed by atoms with Crippen molar-refractivity contribution in [3.05, 3.63) is 83.7 Å². The number of aromatic nitrogens is 1. The Morgan fingerprint density at radius 1 is 1.00 bits per heavy atom. The lowest BCUT2D eigenvalue weighted by Crippen LogP contribution is -2.30. The van der Waals surface area contributed by atoms with Crippen LogP contribution in [0, 0.1) is 0 Å². The number of nitrogens with zero attached hydrogens (tertiary/aromatic N) is 1. The van der Waals surface area contributed by atoms with E-state index in [2.05, 4.69) is 15.0 Å². The fourth-order valence-corrected chi connectivity index (χ4v) is 4.49. The standard InChI is InChI=1S/C23H25N3O4S/c1-16(2)26-31(28,29)22-15-19(6-9-21(22)30-3)23(27)25-20-7-4-17(5-8-20)14-18-10-12-24-13-11-18/h4-13,15-16,26H,14H2,1-3H3,(H,25,27). The zero-order valence-corrected chi connectivity index (χ0v) is 18.4. The number of hydrogen-bond acceptors (Lipinski definition) is 5. The fraction of sp³-hybridized carbons (Fsp3) is 0.217. The Labute approximate surface area is 182 Å². The molecule has 31 heavy (non-hydrogen) atoms. The molecule has 0 aliphatic rings. The third-order valence-electron chi connectivity index (χ3n) is 4.48. The Hall–Kier alpha value is -3.23. The molecule has 1 amide bonds. The summed E-state index contributed by atoms with van der Waals surface area (Å²) in [5, 5.41) is 2.80. The minimum atomic E-state index is -3.83. The molecule has 3 aromatic rings. The van der Waals surface area contributed by atoms with Crippen molar-refractivity contribution in [3.63, 3.8) is 0 Å². The Morgan fingerprint density at radius 2 is 1.65 bits per heavy atom. The topological polar surface area (TPSA) is 97.4 Å². The average molecular weight is 440 g/mol. The highest BCUT2D eigenvalue weighted by Crippen LogP contribution is 2.25. The second-order valence-corrected chi connectivity index (χ2v) is 9.01. The van der Waals surface area contributed by atoms with Gasteiger partial charge in [0.1, 0.15) is 10.6 Å². The average Bonchev–Trinajstić information content (AvgIpc) is 2.74. The second kappa shape index (κ2) is 9.72. The lowest BCUT2D eigenvalue weighted by molar-refractivity contribution is 0.102. The zero-order valence-electron chi connectivity index (χ0n) is 17.6. The number of pyridine rings is 1. The molecule has 0 spiro atoms. The van der Waals surface area contributed by atoms with Crippen molar-refractivity contribution < 1.29 is 17.9 Å². The van der Waals surface area contributed by atoms with Gasteiger partial charge in [0.25, 0.3) is 5.91 Å². The van der Waals surface area contributed by atoms with Gasteiger partial charge in [0.15, 0.2) is 0 Å². The van der Waals surface area contributed by atoms with Crippen LogP contribution in [0.5, 0.6) is 5.75 Å². The summed E-state index contributed by atoms with van der Waals surface area (Å²) in [6, 6.07) is 15.4. The van der Waals surface area contributed by atoms with Gasteiger partial charge in [-0.05, 0) is 73.9 Å². The molecule has 0 bridgehead atoms. The zero-order chi connectivity index (χ0) is 22.4. The summed E-state index contributed by atoms with van der Waals surface area (Å²) in [5.74, 6) is -0.240. The molecule has 0 aliphatic heterocycles. The summed E-state index contributed by atoms with van der Waals surface area (Å²) >= 11 is 0. The first-order valence-corrected chi connectivity index (χ1v) is 11.3.